The van der Waals surface area contributed by atoms with E-state index < -0.39 is 0 Å². The van der Waals surface area contributed by atoms with Crippen molar-refractivity contribution in [1.29, 1.82) is 0 Å². The van der Waals surface area contributed by atoms with E-state index in [0.717, 1.165) is 28.1 Å². The molecule has 0 unspecified atom stereocenters. The summed E-state index contributed by atoms with van der Waals surface area (Å²) in [6.45, 7) is 5.28. The summed E-state index contributed by atoms with van der Waals surface area (Å²) >= 11 is 0. The Morgan fingerprint density at radius 1 is 1.09 bits per heavy atom. The number of carbonyl (C=O) groups is 1. The van der Waals surface area contributed by atoms with Crippen LogP contribution in [0.2, 0.25) is 0 Å². The first-order valence-electron chi connectivity index (χ1n) is 11.0. The third-order valence-corrected chi connectivity index (χ3v) is 5.37. The number of carbonyl (C=O) groups excluding carboxylic acids is 1. The normalized spacial score (nSPS) is 12.1. The third-order valence-electron chi connectivity index (χ3n) is 5.37. The molecule has 4 rings (SSSR count). The number of esters is 1. The van der Waals surface area contributed by atoms with Crippen LogP contribution in [0.3, 0.4) is 0 Å². The first-order chi connectivity index (χ1) is 16.9. The van der Waals surface area contributed by atoms with Crippen LogP contribution in [0.5, 0.6) is 5.88 Å². The number of nitrogens with zero attached hydrogens (tertiary/aromatic N) is 5. The molecule has 0 fully saturated rings. The van der Waals surface area contributed by atoms with Gasteiger partial charge in [-0.15, -0.1) is 0 Å². The zero-order valence-corrected chi connectivity index (χ0v) is 20.0. The minimum Gasteiger partial charge on any atom is -0.481 e. The highest BCUT2D eigenvalue weighted by Gasteiger charge is 2.18. The Balaban J connectivity index is 1.87. The second kappa shape index (κ2) is 10.2. The van der Waals surface area contributed by atoms with Crippen molar-refractivity contribution in [3.8, 4) is 22.8 Å². The molecule has 4 aromatic rings. The van der Waals surface area contributed by atoms with Gasteiger partial charge in [-0.25, -0.2) is 19.9 Å². The van der Waals surface area contributed by atoms with Gasteiger partial charge in [0, 0.05) is 42.2 Å². The highest BCUT2D eigenvalue weighted by Crippen LogP contribution is 2.29. The molecule has 9 nitrogen and oxygen atoms in total. The average molecular weight is 471 g/mol. The molecule has 0 saturated heterocycles. The predicted octanol–water partition coefficient (Wildman–Crippen LogP) is 4.29. The lowest BCUT2D eigenvalue weighted by Crippen LogP contribution is -2.06. The minimum atomic E-state index is -0.325. The number of benzene rings is 1. The summed E-state index contributed by atoms with van der Waals surface area (Å²) < 4.78 is 12.2. The first kappa shape index (κ1) is 23.6. The standard InChI is InChI=1S/C26H26N6O3/c1-5-28-24(27)16(2)25-31-22-12-11-21(19-8-13-23(34-4)29-14-19)30-26(22)32(25)20-9-6-18(7-10-20)15-35-17(3)33/h5-14H,15,27H2,1-4H3/b24-16+,28-5-. The molecule has 0 atom stereocenters. The number of nitrogens with two attached hydrogens (primary N) is 1. The smallest absolute Gasteiger partial charge is 0.302 e. The van der Waals surface area contributed by atoms with E-state index in [1.807, 2.05) is 60.9 Å². The van der Waals surface area contributed by atoms with Gasteiger partial charge in [0.1, 0.15) is 23.8 Å². The van der Waals surface area contributed by atoms with Gasteiger partial charge in [0.2, 0.25) is 5.88 Å². The number of pyridine rings is 2. The molecular formula is C26H26N6O3. The molecule has 1 aromatic carbocycles. The van der Waals surface area contributed by atoms with Crippen molar-refractivity contribution < 1.29 is 14.3 Å². The summed E-state index contributed by atoms with van der Waals surface area (Å²) in [5.41, 5.74) is 11.6. The topological polar surface area (TPSA) is 118 Å². The zero-order valence-electron chi connectivity index (χ0n) is 20.0. The summed E-state index contributed by atoms with van der Waals surface area (Å²) in [6.07, 6.45) is 3.36. The number of hydrogen-bond donors (Lipinski definition) is 1. The van der Waals surface area contributed by atoms with Crippen LogP contribution in [-0.4, -0.2) is 38.8 Å². The van der Waals surface area contributed by atoms with Gasteiger partial charge in [0.15, 0.2) is 5.65 Å². The van der Waals surface area contributed by atoms with Crippen LogP contribution >= 0.6 is 0 Å². The lowest BCUT2D eigenvalue weighted by atomic mass is 10.2. The number of imidazole rings is 1. The van der Waals surface area contributed by atoms with Crippen LogP contribution in [0.15, 0.2) is 65.5 Å². The highest BCUT2D eigenvalue weighted by atomic mass is 16.5. The molecule has 0 aliphatic carbocycles. The van der Waals surface area contributed by atoms with Crippen molar-refractivity contribution in [1.82, 2.24) is 19.5 Å². The molecule has 0 amide bonds. The van der Waals surface area contributed by atoms with Crippen molar-refractivity contribution in [2.24, 2.45) is 10.7 Å². The van der Waals surface area contributed by atoms with E-state index in [1.54, 1.807) is 25.6 Å². The molecule has 0 aliphatic rings. The van der Waals surface area contributed by atoms with Gasteiger partial charge in [0.05, 0.1) is 12.8 Å². The van der Waals surface area contributed by atoms with E-state index in [9.17, 15) is 4.79 Å². The lowest BCUT2D eigenvalue weighted by molar-refractivity contribution is -0.142. The summed E-state index contributed by atoms with van der Waals surface area (Å²) in [4.78, 5) is 29.4. The quantitative estimate of drug-likeness (QED) is 0.316. The van der Waals surface area contributed by atoms with Crippen molar-refractivity contribution >= 4 is 28.9 Å². The molecular weight excluding hydrogens is 444 g/mol. The van der Waals surface area contributed by atoms with Crippen LogP contribution in [0, 0.1) is 0 Å². The summed E-state index contributed by atoms with van der Waals surface area (Å²) in [7, 11) is 1.58. The number of fused-ring (bicyclic) bond motifs is 1. The number of rotatable bonds is 7. The monoisotopic (exact) mass is 470 g/mol. The molecule has 3 heterocycles. The predicted molar refractivity (Wildman–Crippen MR) is 135 cm³/mol. The second-order valence-electron chi connectivity index (χ2n) is 7.74. The van der Waals surface area contributed by atoms with E-state index in [0.29, 0.717) is 28.7 Å². The molecule has 3 aromatic heterocycles. The maximum absolute atomic E-state index is 11.2. The van der Waals surface area contributed by atoms with Gasteiger partial charge in [-0.1, -0.05) is 12.1 Å². The number of ether oxygens (including phenoxy) is 2. The Morgan fingerprint density at radius 2 is 1.86 bits per heavy atom. The van der Waals surface area contributed by atoms with Gasteiger partial charge in [0.25, 0.3) is 0 Å². The fraction of sp³-hybridized carbons (Fsp3) is 0.192. The number of aliphatic imine (C=N–C) groups is 1. The lowest BCUT2D eigenvalue weighted by Gasteiger charge is -2.11. The van der Waals surface area contributed by atoms with Crippen molar-refractivity contribution in [3.05, 3.63) is 71.9 Å². The number of aromatic nitrogens is 4. The summed E-state index contributed by atoms with van der Waals surface area (Å²) in [5, 5.41) is 0. The van der Waals surface area contributed by atoms with Crippen molar-refractivity contribution in [3.63, 3.8) is 0 Å². The number of allylic oxidation sites excluding steroid dienone is 1. The molecule has 0 saturated carbocycles. The van der Waals surface area contributed by atoms with E-state index in [-0.39, 0.29) is 12.6 Å². The SMILES string of the molecule is C/C=N\C(N)=C(/C)c1nc2ccc(-c3ccc(OC)nc3)nc2n1-c1ccc(COC(C)=O)cc1. The van der Waals surface area contributed by atoms with Gasteiger partial charge < -0.3 is 15.2 Å². The van der Waals surface area contributed by atoms with Crippen LogP contribution in [0.4, 0.5) is 0 Å². The summed E-state index contributed by atoms with van der Waals surface area (Å²) in [5.74, 6) is 1.21. The average Bonchev–Trinajstić information content (AvgIpc) is 3.26. The van der Waals surface area contributed by atoms with Gasteiger partial charge in [-0.3, -0.25) is 9.36 Å². The zero-order chi connectivity index (χ0) is 24.9. The van der Waals surface area contributed by atoms with Gasteiger partial charge in [-0.2, -0.15) is 0 Å². The molecule has 178 valence electrons. The Kier molecular flexibility index (Phi) is 6.86. The molecule has 0 spiro atoms. The molecule has 9 heteroatoms. The molecule has 0 radical (unpaired) electrons. The fourth-order valence-corrected chi connectivity index (χ4v) is 3.54. The Labute approximate surface area is 203 Å². The van der Waals surface area contributed by atoms with Gasteiger partial charge >= 0.3 is 5.97 Å². The molecule has 2 N–H and O–H groups in total. The fourth-order valence-electron chi connectivity index (χ4n) is 3.54. The maximum atomic E-state index is 11.2. The van der Waals surface area contributed by atoms with Crippen LogP contribution in [0.1, 0.15) is 32.2 Å². The van der Waals surface area contributed by atoms with E-state index >= 15 is 0 Å². The van der Waals surface area contributed by atoms with Crippen LogP contribution < -0.4 is 10.5 Å². The highest BCUT2D eigenvalue weighted by molar-refractivity contribution is 5.82. The summed E-state index contributed by atoms with van der Waals surface area (Å²) in [6, 6.07) is 15.2. The third kappa shape index (κ3) is 5.03. The van der Waals surface area contributed by atoms with Crippen molar-refractivity contribution in [2.45, 2.75) is 27.4 Å². The maximum Gasteiger partial charge on any atom is 0.302 e. The Hall–Kier alpha value is -4.53. The second-order valence-corrected chi connectivity index (χ2v) is 7.74. The van der Waals surface area contributed by atoms with Crippen LogP contribution in [0.25, 0.3) is 33.7 Å². The molecule has 0 aliphatic heterocycles. The Morgan fingerprint density at radius 3 is 2.49 bits per heavy atom. The van der Waals surface area contributed by atoms with Crippen LogP contribution in [-0.2, 0) is 16.1 Å². The number of methoxy groups -OCH3 is 1. The Bertz CT molecular complexity index is 1420. The first-order valence-corrected chi connectivity index (χ1v) is 11.0. The van der Waals surface area contributed by atoms with Gasteiger partial charge in [-0.05, 0) is 49.7 Å². The van der Waals surface area contributed by atoms with E-state index in [4.69, 9.17) is 25.2 Å². The van der Waals surface area contributed by atoms with E-state index in [1.165, 1.54) is 6.92 Å². The largest absolute Gasteiger partial charge is 0.481 e. The molecule has 0 bridgehead atoms. The molecule has 35 heavy (non-hydrogen) atoms. The van der Waals surface area contributed by atoms with E-state index in [2.05, 4.69) is 9.98 Å². The number of hydrogen-bond acceptors (Lipinski definition) is 8. The van der Waals surface area contributed by atoms with Crippen molar-refractivity contribution in [2.75, 3.05) is 7.11 Å². The minimum absolute atomic E-state index is 0.205.